The highest BCUT2D eigenvalue weighted by Gasteiger charge is 2.38. The van der Waals surface area contributed by atoms with Crippen LogP contribution in [0.4, 0.5) is 20.6 Å². The molecule has 1 heterocycles. The lowest BCUT2D eigenvalue weighted by Gasteiger charge is -2.48. The van der Waals surface area contributed by atoms with Gasteiger partial charge in [0.25, 0.3) is 0 Å². The molecule has 2 amide bonds. The first-order valence-corrected chi connectivity index (χ1v) is 10.8. The van der Waals surface area contributed by atoms with Crippen molar-refractivity contribution in [2.24, 2.45) is 0 Å². The summed E-state index contributed by atoms with van der Waals surface area (Å²) in [6, 6.07) is 4.74. The molecule has 0 unspecified atom stereocenters. The Hall–Kier alpha value is -1.86. The lowest BCUT2D eigenvalue weighted by atomic mass is 9.80. The van der Waals surface area contributed by atoms with E-state index >= 15 is 0 Å². The van der Waals surface area contributed by atoms with Crippen LogP contribution in [0.1, 0.15) is 46.0 Å². The maximum Gasteiger partial charge on any atom is 0.319 e. The van der Waals surface area contributed by atoms with E-state index in [-0.39, 0.29) is 23.4 Å². The third-order valence-electron chi connectivity index (χ3n) is 6.40. The van der Waals surface area contributed by atoms with Gasteiger partial charge in [0.2, 0.25) is 0 Å². The summed E-state index contributed by atoms with van der Waals surface area (Å²) in [6.07, 6.45) is 5.83. The molecule has 1 saturated carbocycles. The van der Waals surface area contributed by atoms with Crippen LogP contribution in [-0.2, 0) is 4.74 Å². The van der Waals surface area contributed by atoms with E-state index in [4.69, 9.17) is 4.74 Å². The van der Waals surface area contributed by atoms with E-state index in [1.807, 2.05) is 25.8 Å². The predicted molar refractivity (Wildman–Crippen MR) is 115 cm³/mol. The van der Waals surface area contributed by atoms with E-state index < -0.39 is 0 Å². The fourth-order valence-corrected chi connectivity index (χ4v) is 4.42. The molecule has 6 nitrogen and oxygen atoms in total. The van der Waals surface area contributed by atoms with Crippen molar-refractivity contribution in [2.75, 3.05) is 50.1 Å². The molecule has 1 aromatic rings. The number of ether oxygens (including phenoxy) is 1. The monoisotopic (exact) mass is 406 g/mol. The van der Waals surface area contributed by atoms with Crippen LogP contribution in [-0.4, -0.2) is 62.4 Å². The fraction of sp³-hybridized carbons (Fsp3) is 0.682. The fourth-order valence-electron chi connectivity index (χ4n) is 4.42. The number of hydrogen-bond donors (Lipinski definition) is 2. The maximum atomic E-state index is 14.5. The molecule has 1 aromatic carbocycles. The molecule has 2 N–H and O–H groups in total. The summed E-state index contributed by atoms with van der Waals surface area (Å²) in [5, 5.41) is 5.83. The van der Waals surface area contributed by atoms with Crippen LogP contribution in [0.25, 0.3) is 0 Å². The van der Waals surface area contributed by atoms with E-state index in [2.05, 4.69) is 15.5 Å². The minimum Gasteiger partial charge on any atom is -0.379 e. The first-order chi connectivity index (χ1) is 13.9. The molecule has 0 aromatic heterocycles. The van der Waals surface area contributed by atoms with Gasteiger partial charge in [0, 0.05) is 44.0 Å². The molecule has 1 aliphatic heterocycles. The Balaban J connectivity index is 1.60. The van der Waals surface area contributed by atoms with Crippen molar-refractivity contribution in [1.29, 1.82) is 0 Å². The number of rotatable bonds is 6. The Bertz CT molecular complexity index is 685. The Kier molecular flexibility index (Phi) is 7.35. The van der Waals surface area contributed by atoms with Crippen molar-refractivity contribution in [2.45, 2.75) is 57.5 Å². The zero-order chi connectivity index (χ0) is 20.9. The Morgan fingerprint density at radius 3 is 2.55 bits per heavy atom. The zero-order valence-corrected chi connectivity index (χ0v) is 18.0. The molecular formula is C22H35FN4O2. The number of amides is 2. The predicted octanol–water partition coefficient (Wildman–Crippen LogP) is 3.83. The lowest BCUT2D eigenvalue weighted by molar-refractivity contribution is -0.0356. The van der Waals surface area contributed by atoms with Crippen molar-refractivity contribution in [1.82, 2.24) is 10.2 Å². The maximum absolute atomic E-state index is 14.5. The minimum atomic E-state index is -0.337. The molecule has 0 atom stereocenters. The average Bonchev–Trinajstić information content (AvgIpc) is 2.73. The smallest absolute Gasteiger partial charge is 0.319 e. The van der Waals surface area contributed by atoms with Gasteiger partial charge in [0.1, 0.15) is 5.82 Å². The number of carbonyl (C=O) groups is 1. The summed E-state index contributed by atoms with van der Waals surface area (Å²) >= 11 is 0. The first-order valence-electron chi connectivity index (χ1n) is 10.8. The van der Waals surface area contributed by atoms with E-state index in [9.17, 15) is 9.18 Å². The molecule has 29 heavy (non-hydrogen) atoms. The molecule has 1 saturated heterocycles. The second-order valence-electron chi connectivity index (χ2n) is 8.56. The minimum absolute atomic E-state index is 0.00839. The summed E-state index contributed by atoms with van der Waals surface area (Å²) in [7, 11) is 1.86. The van der Waals surface area contributed by atoms with Gasteiger partial charge in [0.15, 0.2) is 0 Å². The second kappa shape index (κ2) is 9.76. The van der Waals surface area contributed by atoms with E-state index in [1.54, 1.807) is 12.1 Å². The number of carbonyl (C=O) groups excluding carboxylic acids is 1. The summed E-state index contributed by atoms with van der Waals surface area (Å²) in [4.78, 5) is 16.9. The SMILES string of the molecule is CC(C)N(C)c1ccc(NC(=O)NCC2(N3CCOCC3)CCCCC2)cc1F. The lowest BCUT2D eigenvalue weighted by Crippen LogP contribution is -2.60. The molecule has 0 spiro atoms. The second-order valence-corrected chi connectivity index (χ2v) is 8.56. The van der Waals surface area contributed by atoms with Gasteiger partial charge in [-0.25, -0.2) is 9.18 Å². The van der Waals surface area contributed by atoms with Gasteiger partial charge in [-0.15, -0.1) is 0 Å². The van der Waals surface area contributed by atoms with Gasteiger partial charge >= 0.3 is 6.03 Å². The molecule has 0 bridgehead atoms. The van der Waals surface area contributed by atoms with Crippen molar-refractivity contribution in [3.05, 3.63) is 24.0 Å². The van der Waals surface area contributed by atoms with Gasteiger partial charge in [0.05, 0.1) is 18.9 Å². The summed E-state index contributed by atoms with van der Waals surface area (Å²) in [6.45, 7) is 7.96. The highest BCUT2D eigenvalue weighted by atomic mass is 19.1. The Labute approximate surface area is 173 Å². The molecule has 162 valence electrons. The third-order valence-corrected chi connectivity index (χ3v) is 6.40. The number of nitrogens with zero attached hydrogens (tertiary/aromatic N) is 2. The molecule has 0 radical (unpaired) electrons. The molecule has 2 aliphatic rings. The molecular weight excluding hydrogens is 371 g/mol. The van der Waals surface area contributed by atoms with Gasteiger partial charge in [-0.3, -0.25) is 4.90 Å². The van der Waals surface area contributed by atoms with Crippen LogP contribution in [0.2, 0.25) is 0 Å². The van der Waals surface area contributed by atoms with Gasteiger partial charge in [-0.1, -0.05) is 19.3 Å². The first kappa shape index (κ1) is 21.8. The van der Waals surface area contributed by atoms with E-state index in [0.717, 1.165) is 39.1 Å². The number of nitrogens with one attached hydrogen (secondary N) is 2. The van der Waals surface area contributed by atoms with Gasteiger partial charge in [-0.05, 0) is 44.9 Å². The summed E-state index contributed by atoms with van der Waals surface area (Å²) in [5.74, 6) is -0.337. The van der Waals surface area contributed by atoms with Crippen LogP contribution in [0, 0.1) is 5.82 Å². The standard InChI is InChI=1S/C22H35FN4O2/c1-17(2)26(3)20-8-7-18(15-19(20)23)25-21(28)24-16-22(9-5-4-6-10-22)27-11-13-29-14-12-27/h7-8,15,17H,4-6,9-14,16H2,1-3H3,(H2,24,25,28). The van der Waals surface area contributed by atoms with Crippen LogP contribution in [0.3, 0.4) is 0 Å². The zero-order valence-electron chi connectivity index (χ0n) is 18.0. The molecule has 2 fully saturated rings. The number of morpholine rings is 1. The molecule has 1 aliphatic carbocycles. The number of halogens is 1. The normalized spacial score (nSPS) is 19.8. The van der Waals surface area contributed by atoms with Crippen molar-refractivity contribution in [3.63, 3.8) is 0 Å². The Morgan fingerprint density at radius 2 is 1.93 bits per heavy atom. The van der Waals surface area contributed by atoms with E-state index in [0.29, 0.717) is 17.9 Å². The van der Waals surface area contributed by atoms with Crippen molar-refractivity contribution >= 4 is 17.4 Å². The Morgan fingerprint density at radius 1 is 1.24 bits per heavy atom. The summed E-state index contributed by atoms with van der Waals surface area (Å²) in [5.41, 5.74) is 0.999. The molecule has 3 rings (SSSR count). The average molecular weight is 407 g/mol. The number of benzene rings is 1. The molecule has 7 heteroatoms. The van der Waals surface area contributed by atoms with E-state index in [1.165, 1.54) is 25.3 Å². The van der Waals surface area contributed by atoms with Crippen LogP contribution >= 0.6 is 0 Å². The van der Waals surface area contributed by atoms with Gasteiger partial charge in [-0.2, -0.15) is 0 Å². The number of urea groups is 1. The number of hydrogen-bond acceptors (Lipinski definition) is 4. The summed E-state index contributed by atoms with van der Waals surface area (Å²) < 4.78 is 20.0. The quantitative estimate of drug-likeness (QED) is 0.754. The topological polar surface area (TPSA) is 56.8 Å². The largest absolute Gasteiger partial charge is 0.379 e. The third kappa shape index (κ3) is 5.39. The number of anilines is 2. The van der Waals surface area contributed by atoms with Crippen molar-refractivity contribution in [3.8, 4) is 0 Å². The van der Waals surface area contributed by atoms with Crippen LogP contribution < -0.4 is 15.5 Å². The highest BCUT2D eigenvalue weighted by molar-refractivity contribution is 5.89. The van der Waals surface area contributed by atoms with Crippen LogP contribution in [0.5, 0.6) is 0 Å². The van der Waals surface area contributed by atoms with Crippen LogP contribution in [0.15, 0.2) is 18.2 Å². The van der Waals surface area contributed by atoms with Crippen molar-refractivity contribution < 1.29 is 13.9 Å². The highest BCUT2D eigenvalue weighted by Crippen LogP contribution is 2.34. The van der Waals surface area contributed by atoms with Gasteiger partial charge < -0.3 is 20.3 Å².